The van der Waals surface area contributed by atoms with E-state index in [1.165, 1.54) is 6.07 Å². The lowest BCUT2D eigenvalue weighted by molar-refractivity contribution is 0.273. The number of rotatable bonds is 7. The van der Waals surface area contributed by atoms with Crippen LogP contribution in [0.15, 0.2) is 18.2 Å². The molecule has 4 N–H and O–H groups in total. The van der Waals surface area contributed by atoms with Crippen molar-refractivity contribution in [2.75, 3.05) is 13.2 Å². The van der Waals surface area contributed by atoms with Gasteiger partial charge >= 0.3 is 0 Å². The molecule has 0 saturated carbocycles. The highest BCUT2D eigenvalue weighted by atomic mass is 35.5. The van der Waals surface area contributed by atoms with Crippen molar-refractivity contribution >= 4 is 11.6 Å². The number of aliphatic hydroxyl groups is 1. The van der Waals surface area contributed by atoms with Crippen LogP contribution in [0.1, 0.15) is 31.4 Å². The Morgan fingerprint density at radius 3 is 2.78 bits per heavy atom. The first-order valence-electron chi connectivity index (χ1n) is 6.10. The molecule has 0 aliphatic carbocycles. The number of benzene rings is 1. The average molecular weight is 275 g/mol. The lowest BCUT2D eigenvalue weighted by atomic mass is 10.0. The summed E-state index contributed by atoms with van der Waals surface area (Å²) in [5.74, 6) is -0.347. The summed E-state index contributed by atoms with van der Waals surface area (Å²) in [7, 11) is 0. The standard InChI is InChI=1S/C13H20ClFN2O/c1-9(3-2-6-18)17-13(8-16)11-5-4-10(14)7-12(11)15/h4-5,7,9,13,17-18H,2-3,6,8,16H2,1H3. The Hall–Kier alpha value is -0.680. The van der Waals surface area contributed by atoms with E-state index in [0.717, 1.165) is 6.42 Å². The molecule has 0 aliphatic heterocycles. The molecule has 0 spiro atoms. The van der Waals surface area contributed by atoms with Crippen LogP contribution in [-0.2, 0) is 0 Å². The molecule has 0 fully saturated rings. The molecule has 0 radical (unpaired) electrons. The summed E-state index contributed by atoms with van der Waals surface area (Å²) in [6, 6.07) is 4.53. The van der Waals surface area contributed by atoms with E-state index < -0.39 is 0 Å². The van der Waals surface area contributed by atoms with Crippen molar-refractivity contribution in [3.63, 3.8) is 0 Å². The predicted molar refractivity (Wildman–Crippen MR) is 72.1 cm³/mol. The van der Waals surface area contributed by atoms with E-state index >= 15 is 0 Å². The highest BCUT2D eigenvalue weighted by Crippen LogP contribution is 2.21. The van der Waals surface area contributed by atoms with Gasteiger partial charge in [-0.3, -0.25) is 0 Å². The van der Waals surface area contributed by atoms with Crippen molar-refractivity contribution in [3.05, 3.63) is 34.6 Å². The lowest BCUT2D eigenvalue weighted by Crippen LogP contribution is -2.35. The average Bonchev–Trinajstić information content (AvgIpc) is 2.34. The monoisotopic (exact) mass is 274 g/mol. The molecule has 0 saturated heterocycles. The first kappa shape index (κ1) is 15.4. The molecule has 0 aliphatic rings. The van der Waals surface area contributed by atoms with Gasteiger partial charge in [0.1, 0.15) is 5.82 Å². The Bertz CT molecular complexity index is 376. The van der Waals surface area contributed by atoms with Crippen LogP contribution in [-0.4, -0.2) is 24.3 Å². The second-order valence-corrected chi connectivity index (χ2v) is 4.82. The van der Waals surface area contributed by atoms with Gasteiger partial charge in [-0.1, -0.05) is 17.7 Å². The molecule has 18 heavy (non-hydrogen) atoms. The third-order valence-corrected chi connectivity index (χ3v) is 3.09. The summed E-state index contributed by atoms with van der Waals surface area (Å²) in [4.78, 5) is 0. The van der Waals surface area contributed by atoms with Gasteiger partial charge in [-0.2, -0.15) is 0 Å². The molecule has 2 unspecified atom stereocenters. The van der Waals surface area contributed by atoms with E-state index in [2.05, 4.69) is 5.32 Å². The van der Waals surface area contributed by atoms with Gasteiger partial charge in [0.2, 0.25) is 0 Å². The van der Waals surface area contributed by atoms with Crippen LogP contribution in [0.4, 0.5) is 4.39 Å². The Morgan fingerprint density at radius 1 is 1.50 bits per heavy atom. The summed E-state index contributed by atoms with van der Waals surface area (Å²) < 4.78 is 13.8. The quantitative estimate of drug-likeness (QED) is 0.715. The molecule has 2 atom stereocenters. The molecule has 0 aromatic heterocycles. The van der Waals surface area contributed by atoms with Crippen molar-refractivity contribution in [2.24, 2.45) is 5.73 Å². The van der Waals surface area contributed by atoms with Crippen LogP contribution >= 0.6 is 11.6 Å². The number of hydrogen-bond acceptors (Lipinski definition) is 3. The number of hydrogen-bond donors (Lipinski definition) is 3. The lowest BCUT2D eigenvalue weighted by Gasteiger charge is -2.23. The normalized spacial score (nSPS) is 14.5. The molecule has 1 aromatic carbocycles. The summed E-state index contributed by atoms with van der Waals surface area (Å²) in [6.45, 7) is 2.46. The minimum Gasteiger partial charge on any atom is -0.396 e. The van der Waals surface area contributed by atoms with E-state index in [4.69, 9.17) is 22.4 Å². The summed E-state index contributed by atoms with van der Waals surface area (Å²) >= 11 is 5.72. The Morgan fingerprint density at radius 2 is 2.22 bits per heavy atom. The molecular formula is C13H20ClFN2O. The number of aliphatic hydroxyl groups excluding tert-OH is 1. The van der Waals surface area contributed by atoms with Gasteiger partial charge in [-0.15, -0.1) is 0 Å². The SMILES string of the molecule is CC(CCCO)NC(CN)c1ccc(Cl)cc1F. The Kier molecular flexibility index (Phi) is 6.57. The van der Waals surface area contributed by atoms with Gasteiger partial charge in [0.05, 0.1) is 0 Å². The summed E-state index contributed by atoms with van der Waals surface area (Å²) in [5, 5.41) is 12.4. The Balaban J connectivity index is 2.70. The zero-order valence-corrected chi connectivity index (χ0v) is 11.3. The fourth-order valence-corrected chi connectivity index (χ4v) is 2.05. The van der Waals surface area contributed by atoms with E-state index in [1.807, 2.05) is 6.92 Å². The van der Waals surface area contributed by atoms with Gasteiger partial charge in [0.25, 0.3) is 0 Å². The smallest absolute Gasteiger partial charge is 0.129 e. The van der Waals surface area contributed by atoms with Crippen molar-refractivity contribution in [1.29, 1.82) is 0 Å². The van der Waals surface area contributed by atoms with Crippen molar-refractivity contribution in [2.45, 2.75) is 31.8 Å². The van der Waals surface area contributed by atoms with Gasteiger partial charge < -0.3 is 16.2 Å². The van der Waals surface area contributed by atoms with Crippen molar-refractivity contribution < 1.29 is 9.50 Å². The van der Waals surface area contributed by atoms with Crippen molar-refractivity contribution in [1.82, 2.24) is 5.32 Å². The van der Waals surface area contributed by atoms with Gasteiger partial charge in [-0.05, 0) is 31.9 Å². The number of nitrogens with two attached hydrogens (primary N) is 1. The first-order valence-corrected chi connectivity index (χ1v) is 6.48. The summed E-state index contributed by atoms with van der Waals surface area (Å²) in [5.41, 5.74) is 6.20. The van der Waals surface area contributed by atoms with E-state index in [-0.39, 0.29) is 24.5 Å². The highest BCUT2D eigenvalue weighted by Gasteiger charge is 2.16. The molecule has 0 bridgehead atoms. The zero-order valence-electron chi connectivity index (χ0n) is 10.5. The Labute approximate surface area is 112 Å². The predicted octanol–water partition coefficient (Wildman–Crippen LogP) is 2.23. The minimum atomic E-state index is -0.347. The first-order chi connectivity index (χ1) is 8.58. The van der Waals surface area contributed by atoms with Crippen LogP contribution in [0.2, 0.25) is 5.02 Å². The minimum absolute atomic E-state index is 0.161. The van der Waals surface area contributed by atoms with Crippen LogP contribution in [0.25, 0.3) is 0 Å². The maximum atomic E-state index is 13.8. The third-order valence-electron chi connectivity index (χ3n) is 2.85. The molecule has 102 valence electrons. The molecule has 5 heteroatoms. The van der Waals surface area contributed by atoms with E-state index in [1.54, 1.807) is 12.1 Å². The zero-order chi connectivity index (χ0) is 13.5. The molecular weight excluding hydrogens is 255 g/mol. The topological polar surface area (TPSA) is 58.3 Å². The molecule has 1 rings (SSSR count). The fraction of sp³-hybridized carbons (Fsp3) is 0.538. The second-order valence-electron chi connectivity index (χ2n) is 4.39. The summed E-state index contributed by atoms with van der Waals surface area (Å²) in [6.07, 6.45) is 1.54. The van der Waals surface area contributed by atoms with E-state index in [0.29, 0.717) is 23.6 Å². The highest BCUT2D eigenvalue weighted by molar-refractivity contribution is 6.30. The molecule has 1 aromatic rings. The molecule has 0 heterocycles. The van der Waals surface area contributed by atoms with Gasteiger partial charge in [0, 0.05) is 35.8 Å². The van der Waals surface area contributed by atoms with Gasteiger partial charge in [-0.25, -0.2) is 4.39 Å². The van der Waals surface area contributed by atoms with Crippen LogP contribution in [0, 0.1) is 5.82 Å². The second kappa shape index (κ2) is 7.69. The third kappa shape index (κ3) is 4.53. The molecule has 0 amide bonds. The maximum absolute atomic E-state index is 13.8. The van der Waals surface area contributed by atoms with Crippen LogP contribution in [0.5, 0.6) is 0 Å². The largest absolute Gasteiger partial charge is 0.396 e. The van der Waals surface area contributed by atoms with E-state index in [9.17, 15) is 4.39 Å². The molecule has 3 nitrogen and oxygen atoms in total. The fourth-order valence-electron chi connectivity index (χ4n) is 1.89. The van der Waals surface area contributed by atoms with Crippen LogP contribution < -0.4 is 11.1 Å². The van der Waals surface area contributed by atoms with Gasteiger partial charge in [0.15, 0.2) is 0 Å². The number of halogens is 2. The number of nitrogens with one attached hydrogen (secondary N) is 1. The van der Waals surface area contributed by atoms with Crippen molar-refractivity contribution in [3.8, 4) is 0 Å². The van der Waals surface area contributed by atoms with Crippen LogP contribution in [0.3, 0.4) is 0 Å². The maximum Gasteiger partial charge on any atom is 0.129 e.